The third kappa shape index (κ3) is 8.63. The highest BCUT2D eigenvalue weighted by Crippen LogP contribution is 2.48. The maximum Gasteiger partial charge on any atom is 0.459 e. The number of carbonyl (C=O) groups is 2. The molecular weight excluding hydrogens is 589 g/mol. The summed E-state index contributed by atoms with van der Waals surface area (Å²) < 4.78 is 99.5. The van der Waals surface area contributed by atoms with Crippen molar-refractivity contribution < 1.29 is 54.9 Å². The number of hydrogen-bond donors (Lipinski definition) is 3. The molecule has 3 aromatic rings. The van der Waals surface area contributed by atoms with E-state index >= 15 is 0 Å². The summed E-state index contributed by atoms with van der Waals surface area (Å²) in [7, 11) is 0. The van der Waals surface area contributed by atoms with Crippen LogP contribution in [0, 0.1) is 0 Å². The van der Waals surface area contributed by atoms with E-state index in [9.17, 15) is 45.4 Å². The van der Waals surface area contributed by atoms with Crippen molar-refractivity contribution in [2.45, 2.75) is 37.3 Å². The zero-order chi connectivity index (χ0) is 32.0. The van der Waals surface area contributed by atoms with E-state index in [2.05, 4.69) is 0 Å². The maximum atomic E-state index is 13.3. The summed E-state index contributed by atoms with van der Waals surface area (Å²) >= 11 is 0. The number of nitrogens with two attached hydrogens (primary N) is 2. The third-order valence-electron chi connectivity index (χ3n) is 5.95. The average Bonchev–Trinajstić information content (AvgIpc) is 2.90. The van der Waals surface area contributed by atoms with Crippen molar-refractivity contribution in [1.29, 1.82) is 0 Å². The number of hydrogen-bond acceptors (Lipinski definition) is 6. The number of halogens is 7. The molecule has 230 valence electrons. The average molecular weight is 615 g/mol. The van der Waals surface area contributed by atoms with Crippen molar-refractivity contribution in [3.05, 3.63) is 89.0 Å². The Morgan fingerprint density at radius 2 is 1.37 bits per heavy atom. The number of carboxylic acids is 1. The summed E-state index contributed by atoms with van der Waals surface area (Å²) in [5.74, 6) is -13.2. The van der Waals surface area contributed by atoms with Crippen molar-refractivity contribution in [3.8, 4) is 11.5 Å². The number of benzene rings is 3. The number of aliphatic carboxylic acids is 1. The Bertz CT molecular complexity index is 1450. The van der Waals surface area contributed by atoms with Crippen molar-refractivity contribution in [1.82, 2.24) is 0 Å². The zero-order valence-corrected chi connectivity index (χ0v) is 22.1. The molecule has 3 rings (SSSR count). The minimum absolute atomic E-state index is 0.0497. The van der Waals surface area contributed by atoms with Gasteiger partial charge in [-0.05, 0) is 78.2 Å². The van der Waals surface area contributed by atoms with Crippen LogP contribution in [0.3, 0.4) is 0 Å². The Labute approximate surface area is 240 Å². The van der Waals surface area contributed by atoms with Crippen molar-refractivity contribution in [2.24, 2.45) is 0 Å². The second kappa shape index (κ2) is 13.0. The number of carboxylic acid groups (broad SMARTS) is 1. The first-order chi connectivity index (χ1) is 20.0. The van der Waals surface area contributed by atoms with Gasteiger partial charge in [0.2, 0.25) is 0 Å². The quantitative estimate of drug-likeness (QED) is 0.0514. The number of nitrogen functional groups attached to an aromatic ring is 2. The van der Waals surface area contributed by atoms with Crippen LogP contribution < -0.4 is 20.9 Å². The molecule has 0 unspecified atom stereocenters. The second-order valence-corrected chi connectivity index (χ2v) is 9.37. The van der Waals surface area contributed by atoms with Gasteiger partial charge in [0.15, 0.2) is 0 Å². The highest BCUT2D eigenvalue weighted by Gasteiger charge is 2.72. The van der Waals surface area contributed by atoms with E-state index in [1.807, 2.05) is 0 Å². The Morgan fingerprint density at radius 1 is 0.814 bits per heavy atom. The van der Waals surface area contributed by atoms with Gasteiger partial charge in [0.25, 0.3) is 0 Å². The van der Waals surface area contributed by atoms with Crippen molar-refractivity contribution in [3.63, 3.8) is 0 Å². The molecule has 0 amide bonds. The fourth-order valence-electron chi connectivity index (χ4n) is 3.79. The summed E-state index contributed by atoms with van der Waals surface area (Å²) in [6.45, 7) is -0.578. The monoisotopic (exact) mass is 614 g/mol. The van der Waals surface area contributed by atoms with Crippen LogP contribution in [0.4, 0.5) is 42.1 Å². The van der Waals surface area contributed by atoms with Crippen LogP contribution in [-0.2, 0) is 11.2 Å². The maximum absolute atomic E-state index is 13.3. The number of carbonyl (C=O) groups excluding carboxylic acids is 1. The minimum atomic E-state index is -6.39. The molecule has 0 aromatic heterocycles. The predicted octanol–water partition coefficient (Wildman–Crippen LogP) is 6.77. The molecular formula is C29H25F7N2O5. The molecule has 0 saturated heterocycles. The fraction of sp³-hybridized carbons (Fsp3) is 0.241. The van der Waals surface area contributed by atoms with Crippen molar-refractivity contribution in [2.75, 3.05) is 18.1 Å². The summed E-state index contributed by atoms with van der Waals surface area (Å²) in [6.07, 6.45) is -7.44. The fourth-order valence-corrected chi connectivity index (χ4v) is 3.79. The van der Waals surface area contributed by atoms with Crippen LogP contribution in [0.5, 0.6) is 11.5 Å². The Kier molecular flexibility index (Phi) is 9.94. The van der Waals surface area contributed by atoms with Gasteiger partial charge in [-0.15, -0.1) is 0 Å². The SMILES string of the molecule is Nc1cc(N)cc(CC(=Cc2ccc(OC(=O)c3ccc(OCCCC(F)(F)C(F)(F)C(F)(F)F)cc3)cc2)C(=O)O)c1. The molecule has 7 nitrogen and oxygen atoms in total. The Balaban J connectivity index is 1.55. The summed E-state index contributed by atoms with van der Waals surface area (Å²) in [6, 6.07) is 15.8. The van der Waals surface area contributed by atoms with Gasteiger partial charge in [-0.2, -0.15) is 30.7 Å². The van der Waals surface area contributed by atoms with E-state index in [0.29, 0.717) is 22.5 Å². The molecule has 43 heavy (non-hydrogen) atoms. The Hall–Kier alpha value is -4.75. The smallest absolute Gasteiger partial charge is 0.459 e. The minimum Gasteiger partial charge on any atom is -0.494 e. The molecule has 0 aliphatic heterocycles. The van der Waals surface area contributed by atoms with E-state index in [0.717, 1.165) is 0 Å². The van der Waals surface area contributed by atoms with E-state index in [1.54, 1.807) is 18.2 Å². The number of esters is 1. The van der Waals surface area contributed by atoms with Gasteiger partial charge in [0.1, 0.15) is 11.5 Å². The molecule has 3 aromatic carbocycles. The molecule has 0 fully saturated rings. The van der Waals surface area contributed by atoms with Crippen LogP contribution in [-0.4, -0.2) is 41.7 Å². The number of anilines is 2. The lowest BCUT2D eigenvalue weighted by Gasteiger charge is -2.28. The first kappa shape index (κ1) is 32.8. The molecule has 0 radical (unpaired) electrons. The standard InChI is InChI=1S/C29H25F7N2O5/c30-27(31,28(32,33)29(34,35)36)10-1-11-42-23-8-4-19(5-9-23)26(41)43-24-6-2-17(3-7-24)12-20(25(39)40)13-18-14-21(37)16-22(38)15-18/h2-9,12,14-16H,1,10-11,13,37-38H2,(H,39,40). The number of ether oxygens (including phenoxy) is 2. The molecule has 0 bridgehead atoms. The van der Waals surface area contributed by atoms with Gasteiger partial charge >= 0.3 is 30.0 Å². The van der Waals surface area contributed by atoms with Gasteiger partial charge in [0.05, 0.1) is 12.2 Å². The number of rotatable bonds is 12. The van der Waals surface area contributed by atoms with Gasteiger partial charge in [-0.3, -0.25) is 0 Å². The van der Waals surface area contributed by atoms with Crippen molar-refractivity contribution >= 4 is 29.4 Å². The molecule has 0 aliphatic rings. The highest BCUT2D eigenvalue weighted by atomic mass is 19.4. The van der Waals surface area contributed by atoms with Crippen LogP contribution in [0.1, 0.15) is 34.3 Å². The van der Waals surface area contributed by atoms with Crippen LogP contribution >= 0.6 is 0 Å². The molecule has 5 N–H and O–H groups in total. The molecule has 0 atom stereocenters. The van der Waals surface area contributed by atoms with Gasteiger partial charge in [-0.25, -0.2) is 9.59 Å². The number of alkyl halides is 7. The van der Waals surface area contributed by atoms with Gasteiger partial charge in [0, 0.05) is 29.8 Å². The van der Waals surface area contributed by atoms with Crippen LogP contribution in [0.2, 0.25) is 0 Å². The lowest BCUT2D eigenvalue weighted by molar-refractivity contribution is -0.355. The Morgan fingerprint density at radius 3 is 1.91 bits per heavy atom. The van der Waals surface area contributed by atoms with E-state index in [-0.39, 0.29) is 29.1 Å². The van der Waals surface area contributed by atoms with Crippen LogP contribution in [0.25, 0.3) is 6.08 Å². The summed E-state index contributed by atoms with van der Waals surface area (Å²) in [4.78, 5) is 24.2. The van der Waals surface area contributed by atoms with E-state index < -0.39 is 49.4 Å². The highest BCUT2D eigenvalue weighted by molar-refractivity contribution is 5.93. The molecule has 0 heterocycles. The first-order valence-corrected chi connectivity index (χ1v) is 12.4. The summed E-state index contributed by atoms with van der Waals surface area (Å²) in [5.41, 5.74) is 13.6. The lowest BCUT2D eigenvalue weighted by Crippen LogP contribution is -2.51. The largest absolute Gasteiger partial charge is 0.494 e. The molecule has 0 saturated carbocycles. The second-order valence-electron chi connectivity index (χ2n) is 9.37. The van der Waals surface area contributed by atoms with E-state index in [4.69, 9.17) is 20.9 Å². The first-order valence-electron chi connectivity index (χ1n) is 12.4. The molecule has 0 aliphatic carbocycles. The predicted molar refractivity (Wildman–Crippen MR) is 143 cm³/mol. The summed E-state index contributed by atoms with van der Waals surface area (Å²) in [5, 5.41) is 9.60. The zero-order valence-electron chi connectivity index (χ0n) is 22.1. The molecule has 14 heteroatoms. The lowest BCUT2D eigenvalue weighted by atomic mass is 10.0. The van der Waals surface area contributed by atoms with Crippen LogP contribution in [0.15, 0.2) is 72.3 Å². The topological polar surface area (TPSA) is 125 Å². The van der Waals surface area contributed by atoms with Gasteiger partial charge < -0.3 is 26.0 Å². The third-order valence-corrected chi connectivity index (χ3v) is 5.95. The van der Waals surface area contributed by atoms with E-state index in [1.165, 1.54) is 54.6 Å². The van der Waals surface area contributed by atoms with Gasteiger partial charge in [-0.1, -0.05) is 12.1 Å². The molecule has 0 spiro atoms. The normalized spacial score (nSPS) is 12.6.